The van der Waals surface area contributed by atoms with Crippen LogP contribution in [-0.2, 0) is 9.53 Å². The molecule has 0 bridgehead atoms. The third-order valence-corrected chi connectivity index (χ3v) is 2.50. The smallest absolute Gasteiger partial charge is 0.333 e. The van der Waals surface area contributed by atoms with E-state index in [-0.39, 0.29) is 18.5 Å². The van der Waals surface area contributed by atoms with Gasteiger partial charge < -0.3 is 10.5 Å². The van der Waals surface area contributed by atoms with Crippen molar-refractivity contribution in [2.45, 2.75) is 39.5 Å². The highest BCUT2D eigenvalue weighted by molar-refractivity contribution is 5.88. The molecular formula is C12H23NO2. The molecule has 0 amide bonds. The van der Waals surface area contributed by atoms with Gasteiger partial charge in [0.15, 0.2) is 0 Å². The number of unbranched alkanes of at least 4 members (excludes halogenated alkanes) is 1. The van der Waals surface area contributed by atoms with E-state index >= 15 is 0 Å². The second kappa shape index (κ2) is 8.48. The largest absolute Gasteiger partial charge is 0.461 e. The summed E-state index contributed by atoms with van der Waals surface area (Å²) in [5.41, 5.74) is 5.86. The number of nitrogens with two attached hydrogens (primary N) is 1. The minimum absolute atomic E-state index is 0.259. The number of carbonyl (C=O) groups excluding carboxylic acids is 1. The topological polar surface area (TPSA) is 52.3 Å². The van der Waals surface area contributed by atoms with Crippen LogP contribution < -0.4 is 5.73 Å². The predicted molar refractivity (Wildman–Crippen MR) is 62.5 cm³/mol. The molecule has 0 spiro atoms. The van der Waals surface area contributed by atoms with Gasteiger partial charge in [-0.3, -0.25) is 0 Å². The van der Waals surface area contributed by atoms with E-state index in [2.05, 4.69) is 20.4 Å². The van der Waals surface area contributed by atoms with Crippen LogP contribution >= 0.6 is 0 Å². The van der Waals surface area contributed by atoms with Gasteiger partial charge in [-0.05, 0) is 18.8 Å². The zero-order valence-electron chi connectivity index (χ0n) is 9.92. The molecule has 0 aliphatic carbocycles. The average molecular weight is 213 g/mol. The van der Waals surface area contributed by atoms with Crippen molar-refractivity contribution in [1.29, 1.82) is 0 Å². The zero-order valence-corrected chi connectivity index (χ0v) is 9.92. The van der Waals surface area contributed by atoms with Crippen molar-refractivity contribution in [3.8, 4) is 0 Å². The molecule has 0 radical (unpaired) electrons. The Labute approximate surface area is 92.7 Å². The molecular weight excluding hydrogens is 190 g/mol. The van der Waals surface area contributed by atoms with Gasteiger partial charge in [-0.1, -0.05) is 33.3 Å². The Morgan fingerprint density at radius 1 is 1.47 bits per heavy atom. The van der Waals surface area contributed by atoms with Gasteiger partial charge >= 0.3 is 5.97 Å². The second-order valence-electron chi connectivity index (χ2n) is 3.70. The van der Waals surface area contributed by atoms with E-state index < -0.39 is 0 Å². The second-order valence-corrected chi connectivity index (χ2v) is 3.70. The first kappa shape index (κ1) is 14.2. The highest BCUT2D eigenvalue weighted by Crippen LogP contribution is 2.21. The lowest BCUT2D eigenvalue weighted by molar-refractivity contribution is -0.139. The SMILES string of the molecule is C=C(C(=O)OCCN)C(CC)CCCC. The van der Waals surface area contributed by atoms with E-state index in [0.717, 1.165) is 25.7 Å². The summed E-state index contributed by atoms with van der Waals surface area (Å²) in [4.78, 5) is 11.5. The van der Waals surface area contributed by atoms with Crippen LogP contribution in [0.25, 0.3) is 0 Å². The summed E-state index contributed by atoms with van der Waals surface area (Å²) >= 11 is 0. The molecule has 3 nitrogen and oxygen atoms in total. The number of rotatable bonds is 8. The Bertz CT molecular complexity index is 202. The Kier molecular flexibility index (Phi) is 8.01. The van der Waals surface area contributed by atoms with Crippen LogP contribution in [0.4, 0.5) is 0 Å². The molecule has 1 atom stereocenters. The highest BCUT2D eigenvalue weighted by Gasteiger charge is 2.17. The van der Waals surface area contributed by atoms with Gasteiger partial charge in [0.2, 0.25) is 0 Å². The first-order valence-corrected chi connectivity index (χ1v) is 5.73. The van der Waals surface area contributed by atoms with Gasteiger partial charge in [0, 0.05) is 12.1 Å². The van der Waals surface area contributed by atoms with Crippen LogP contribution in [0, 0.1) is 5.92 Å². The number of ether oxygens (including phenoxy) is 1. The Hall–Kier alpha value is -0.830. The maximum absolute atomic E-state index is 11.5. The highest BCUT2D eigenvalue weighted by atomic mass is 16.5. The third kappa shape index (κ3) is 5.57. The molecule has 0 aromatic carbocycles. The van der Waals surface area contributed by atoms with Gasteiger partial charge in [0.25, 0.3) is 0 Å². The van der Waals surface area contributed by atoms with Crippen LogP contribution in [-0.4, -0.2) is 19.1 Å². The van der Waals surface area contributed by atoms with Crippen LogP contribution in [0.2, 0.25) is 0 Å². The van der Waals surface area contributed by atoms with Crippen molar-refractivity contribution in [1.82, 2.24) is 0 Å². The molecule has 0 saturated carbocycles. The van der Waals surface area contributed by atoms with Crippen molar-refractivity contribution in [3.05, 3.63) is 12.2 Å². The summed E-state index contributed by atoms with van der Waals surface area (Å²) in [6.45, 7) is 8.67. The summed E-state index contributed by atoms with van der Waals surface area (Å²) in [5, 5.41) is 0. The fourth-order valence-electron chi connectivity index (χ4n) is 1.49. The molecule has 88 valence electrons. The Morgan fingerprint density at radius 3 is 2.60 bits per heavy atom. The standard InChI is InChI=1S/C12H23NO2/c1-4-6-7-11(5-2)10(3)12(14)15-9-8-13/h11H,3-9,13H2,1-2H3. The Balaban J connectivity index is 4.06. The minimum atomic E-state index is -0.289. The quantitative estimate of drug-likeness (QED) is 0.497. The number of esters is 1. The first-order chi connectivity index (χ1) is 7.17. The lowest BCUT2D eigenvalue weighted by Gasteiger charge is -2.16. The van der Waals surface area contributed by atoms with E-state index in [1.807, 2.05) is 0 Å². The summed E-state index contributed by atoms with van der Waals surface area (Å²) < 4.78 is 4.95. The van der Waals surface area contributed by atoms with Crippen molar-refractivity contribution in [3.63, 3.8) is 0 Å². The molecule has 15 heavy (non-hydrogen) atoms. The molecule has 0 aromatic rings. The molecule has 0 fully saturated rings. The maximum atomic E-state index is 11.5. The van der Waals surface area contributed by atoms with Gasteiger partial charge in [-0.2, -0.15) is 0 Å². The number of hydrogen-bond donors (Lipinski definition) is 1. The monoisotopic (exact) mass is 213 g/mol. The summed E-state index contributed by atoms with van der Waals surface area (Å²) in [6, 6.07) is 0. The molecule has 0 saturated heterocycles. The van der Waals surface area contributed by atoms with E-state index in [9.17, 15) is 4.79 Å². The van der Waals surface area contributed by atoms with E-state index in [1.54, 1.807) is 0 Å². The predicted octanol–water partition coefficient (Wildman–Crippen LogP) is 2.26. The molecule has 2 N–H and O–H groups in total. The summed E-state index contributed by atoms with van der Waals surface area (Å²) in [6.07, 6.45) is 4.23. The molecule has 1 unspecified atom stereocenters. The summed E-state index contributed by atoms with van der Waals surface area (Å²) in [5.74, 6) is -0.0290. The van der Waals surface area contributed by atoms with Gasteiger partial charge in [0.05, 0.1) is 0 Å². The van der Waals surface area contributed by atoms with Crippen molar-refractivity contribution in [2.24, 2.45) is 11.7 Å². The fourth-order valence-corrected chi connectivity index (χ4v) is 1.49. The lowest BCUT2D eigenvalue weighted by Crippen LogP contribution is -2.18. The van der Waals surface area contributed by atoms with E-state index in [4.69, 9.17) is 10.5 Å². The minimum Gasteiger partial charge on any atom is -0.461 e. The zero-order chi connectivity index (χ0) is 11.7. The van der Waals surface area contributed by atoms with Gasteiger partial charge in [-0.15, -0.1) is 0 Å². The van der Waals surface area contributed by atoms with Gasteiger partial charge in [-0.25, -0.2) is 4.79 Å². The Morgan fingerprint density at radius 2 is 2.13 bits per heavy atom. The average Bonchev–Trinajstić information content (AvgIpc) is 2.26. The van der Waals surface area contributed by atoms with Crippen LogP contribution in [0.5, 0.6) is 0 Å². The molecule has 0 aliphatic heterocycles. The first-order valence-electron chi connectivity index (χ1n) is 5.73. The summed E-state index contributed by atoms with van der Waals surface area (Å²) in [7, 11) is 0. The van der Waals surface area contributed by atoms with Crippen molar-refractivity contribution in [2.75, 3.05) is 13.2 Å². The fraction of sp³-hybridized carbons (Fsp3) is 0.750. The third-order valence-electron chi connectivity index (χ3n) is 2.50. The molecule has 0 aromatic heterocycles. The molecule has 0 aliphatic rings. The maximum Gasteiger partial charge on any atom is 0.333 e. The molecule has 0 heterocycles. The lowest BCUT2D eigenvalue weighted by atomic mass is 9.92. The molecule has 3 heteroatoms. The van der Waals surface area contributed by atoms with Crippen molar-refractivity contribution < 1.29 is 9.53 Å². The van der Waals surface area contributed by atoms with Crippen LogP contribution in [0.15, 0.2) is 12.2 Å². The number of hydrogen-bond acceptors (Lipinski definition) is 3. The number of carbonyl (C=O) groups is 1. The van der Waals surface area contributed by atoms with Gasteiger partial charge in [0.1, 0.15) is 6.61 Å². The van der Waals surface area contributed by atoms with Crippen LogP contribution in [0.3, 0.4) is 0 Å². The van der Waals surface area contributed by atoms with Crippen LogP contribution in [0.1, 0.15) is 39.5 Å². The molecule has 0 rings (SSSR count). The van der Waals surface area contributed by atoms with Crippen molar-refractivity contribution >= 4 is 5.97 Å². The normalized spacial score (nSPS) is 12.2. The van der Waals surface area contributed by atoms with E-state index in [0.29, 0.717) is 12.1 Å². The van der Waals surface area contributed by atoms with E-state index in [1.165, 1.54) is 0 Å².